The molecule has 0 saturated heterocycles. The van der Waals surface area contributed by atoms with E-state index < -0.39 is 0 Å². The smallest absolute Gasteiger partial charge is 0.253 e. The van der Waals surface area contributed by atoms with Crippen LogP contribution in [-0.4, -0.2) is 29.2 Å². The molecule has 170 valence electrons. The molecule has 3 aromatic carbocycles. The Bertz CT molecular complexity index is 1250. The van der Waals surface area contributed by atoms with Crippen LogP contribution in [0, 0.1) is 0 Å². The second-order valence-electron chi connectivity index (χ2n) is 7.64. The SMILES string of the molecule is COc1ccccc1OCCCn1c(C(C)NC(=O)c2ccccc2Cl)nc2ccccc21. The van der Waals surface area contributed by atoms with Gasteiger partial charge in [0.05, 0.1) is 41.4 Å². The van der Waals surface area contributed by atoms with Crippen molar-refractivity contribution >= 4 is 28.5 Å². The maximum Gasteiger partial charge on any atom is 0.253 e. The molecule has 0 bridgehead atoms. The predicted molar refractivity (Wildman–Crippen MR) is 130 cm³/mol. The van der Waals surface area contributed by atoms with Gasteiger partial charge in [0.25, 0.3) is 5.91 Å². The van der Waals surface area contributed by atoms with Crippen molar-refractivity contribution in [2.75, 3.05) is 13.7 Å². The number of imidazole rings is 1. The number of benzene rings is 3. The van der Waals surface area contributed by atoms with Crippen LogP contribution in [0.1, 0.15) is 35.6 Å². The topological polar surface area (TPSA) is 65.4 Å². The number of ether oxygens (including phenoxy) is 2. The number of amides is 1. The van der Waals surface area contributed by atoms with Gasteiger partial charge in [-0.3, -0.25) is 4.79 Å². The molecule has 1 N–H and O–H groups in total. The monoisotopic (exact) mass is 463 g/mol. The van der Waals surface area contributed by atoms with Crippen LogP contribution in [0.3, 0.4) is 0 Å². The lowest BCUT2D eigenvalue weighted by molar-refractivity contribution is 0.0937. The standard InChI is InChI=1S/C26H26ClN3O3/c1-18(28-26(31)19-10-3-4-11-20(19)27)25-29-21-12-5-6-13-22(21)30(25)16-9-17-33-24-15-8-7-14-23(24)32-2/h3-8,10-15,18H,9,16-17H2,1-2H3,(H,28,31). The van der Waals surface area contributed by atoms with Gasteiger partial charge in [-0.25, -0.2) is 4.98 Å². The summed E-state index contributed by atoms with van der Waals surface area (Å²) >= 11 is 6.20. The second-order valence-corrected chi connectivity index (χ2v) is 8.05. The molecule has 0 radical (unpaired) electrons. The zero-order chi connectivity index (χ0) is 23.2. The van der Waals surface area contributed by atoms with Crippen LogP contribution < -0.4 is 14.8 Å². The molecule has 0 spiro atoms. The zero-order valence-electron chi connectivity index (χ0n) is 18.6. The van der Waals surface area contributed by atoms with Crippen LogP contribution in [0.2, 0.25) is 5.02 Å². The summed E-state index contributed by atoms with van der Waals surface area (Å²) in [5.74, 6) is 1.98. The number of nitrogens with one attached hydrogen (secondary N) is 1. The number of hydrogen-bond donors (Lipinski definition) is 1. The highest BCUT2D eigenvalue weighted by atomic mass is 35.5. The van der Waals surface area contributed by atoms with Crippen LogP contribution in [0.5, 0.6) is 11.5 Å². The number of rotatable bonds is 9. The molecule has 0 aliphatic rings. The van der Waals surface area contributed by atoms with Crippen molar-refractivity contribution in [1.82, 2.24) is 14.9 Å². The Kier molecular flexibility index (Phi) is 7.15. The number of halogens is 1. The van der Waals surface area contributed by atoms with E-state index in [0.29, 0.717) is 29.5 Å². The lowest BCUT2D eigenvalue weighted by Gasteiger charge is -2.17. The normalized spacial score (nSPS) is 11.8. The summed E-state index contributed by atoms with van der Waals surface area (Å²) < 4.78 is 13.4. The lowest BCUT2D eigenvalue weighted by Crippen LogP contribution is -2.29. The Morgan fingerprint density at radius 1 is 1.03 bits per heavy atom. The zero-order valence-corrected chi connectivity index (χ0v) is 19.4. The van der Waals surface area contributed by atoms with E-state index >= 15 is 0 Å². The van der Waals surface area contributed by atoms with Gasteiger partial charge < -0.3 is 19.4 Å². The first-order valence-corrected chi connectivity index (χ1v) is 11.2. The van der Waals surface area contributed by atoms with Gasteiger partial charge in [0, 0.05) is 6.54 Å². The average molecular weight is 464 g/mol. The molecule has 1 aromatic heterocycles. The number of aromatic nitrogens is 2. The summed E-state index contributed by atoms with van der Waals surface area (Å²) in [4.78, 5) is 17.6. The third kappa shape index (κ3) is 5.12. The van der Waals surface area contributed by atoms with E-state index in [1.165, 1.54) is 0 Å². The maximum absolute atomic E-state index is 12.8. The third-order valence-electron chi connectivity index (χ3n) is 5.39. The molecule has 4 aromatic rings. The van der Waals surface area contributed by atoms with E-state index in [-0.39, 0.29) is 11.9 Å². The van der Waals surface area contributed by atoms with Crippen molar-refractivity contribution in [2.24, 2.45) is 0 Å². The molecule has 1 amide bonds. The van der Waals surface area contributed by atoms with E-state index in [4.69, 9.17) is 26.1 Å². The Morgan fingerprint density at radius 2 is 1.73 bits per heavy atom. The van der Waals surface area contributed by atoms with Crippen LogP contribution in [0.15, 0.2) is 72.8 Å². The number of aryl methyl sites for hydroxylation is 1. The van der Waals surface area contributed by atoms with Gasteiger partial charge in [-0.05, 0) is 49.7 Å². The number of hydrogen-bond acceptors (Lipinski definition) is 4. The maximum atomic E-state index is 12.8. The molecule has 1 heterocycles. The Hall–Kier alpha value is -3.51. The predicted octanol–water partition coefficient (Wildman–Crippen LogP) is 5.66. The van der Waals surface area contributed by atoms with Crippen molar-refractivity contribution in [3.8, 4) is 11.5 Å². The van der Waals surface area contributed by atoms with Gasteiger partial charge in [0.2, 0.25) is 0 Å². The fourth-order valence-corrected chi connectivity index (χ4v) is 4.01. The van der Waals surface area contributed by atoms with E-state index in [9.17, 15) is 4.79 Å². The average Bonchev–Trinajstić information content (AvgIpc) is 3.21. The quantitative estimate of drug-likeness (QED) is 0.325. The highest BCUT2D eigenvalue weighted by Gasteiger charge is 2.20. The summed E-state index contributed by atoms with van der Waals surface area (Å²) in [5.41, 5.74) is 2.35. The van der Waals surface area contributed by atoms with Crippen LogP contribution >= 0.6 is 11.6 Å². The molecule has 1 unspecified atom stereocenters. The van der Waals surface area contributed by atoms with Crippen molar-refractivity contribution in [3.63, 3.8) is 0 Å². The number of methoxy groups -OCH3 is 1. The number of para-hydroxylation sites is 4. The molecule has 33 heavy (non-hydrogen) atoms. The van der Waals surface area contributed by atoms with Crippen molar-refractivity contribution < 1.29 is 14.3 Å². The number of nitrogens with zero attached hydrogens (tertiary/aromatic N) is 2. The molecule has 0 fully saturated rings. The first-order chi connectivity index (χ1) is 16.1. The van der Waals surface area contributed by atoms with Gasteiger partial charge in [-0.2, -0.15) is 0 Å². The minimum Gasteiger partial charge on any atom is -0.493 e. The Labute approximate surface area is 198 Å². The summed E-state index contributed by atoms with van der Waals surface area (Å²) in [5, 5.41) is 3.45. The van der Waals surface area contributed by atoms with Crippen molar-refractivity contribution in [1.29, 1.82) is 0 Å². The second kappa shape index (κ2) is 10.4. The molecule has 0 aliphatic carbocycles. The lowest BCUT2D eigenvalue weighted by atomic mass is 10.2. The minimum absolute atomic E-state index is 0.230. The first-order valence-electron chi connectivity index (χ1n) is 10.8. The summed E-state index contributed by atoms with van der Waals surface area (Å²) in [6, 6.07) is 22.3. The summed E-state index contributed by atoms with van der Waals surface area (Å²) in [6.45, 7) is 3.14. The molecule has 0 saturated carbocycles. The molecule has 7 heteroatoms. The molecular formula is C26H26ClN3O3. The molecule has 0 aliphatic heterocycles. The van der Waals surface area contributed by atoms with Crippen LogP contribution in [0.4, 0.5) is 0 Å². The molecular weight excluding hydrogens is 438 g/mol. The Balaban J connectivity index is 1.49. The number of carbonyl (C=O) groups excluding carboxylic acids is 1. The minimum atomic E-state index is -0.309. The summed E-state index contributed by atoms with van der Waals surface area (Å²) in [7, 11) is 1.63. The highest BCUT2D eigenvalue weighted by molar-refractivity contribution is 6.33. The van der Waals surface area contributed by atoms with Crippen molar-refractivity contribution in [2.45, 2.75) is 25.9 Å². The first kappa shape index (κ1) is 22.7. The third-order valence-corrected chi connectivity index (χ3v) is 5.72. The number of carbonyl (C=O) groups is 1. The molecule has 4 rings (SSSR count). The Morgan fingerprint density at radius 3 is 2.52 bits per heavy atom. The molecule has 6 nitrogen and oxygen atoms in total. The van der Waals surface area contributed by atoms with Gasteiger partial charge >= 0.3 is 0 Å². The largest absolute Gasteiger partial charge is 0.493 e. The van der Waals surface area contributed by atoms with Crippen LogP contribution in [0.25, 0.3) is 11.0 Å². The van der Waals surface area contributed by atoms with Gasteiger partial charge in [-0.15, -0.1) is 0 Å². The number of fused-ring (bicyclic) bond motifs is 1. The fraction of sp³-hybridized carbons (Fsp3) is 0.231. The van der Waals surface area contributed by atoms with Crippen LogP contribution in [-0.2, 0) is 6.54 Å². The van der Waals surface area contributed by atoms with E-state index in [1.807, 2.05) is 55.5 Å². The van der Waals surface area contributed by atoms with E-state index in [0.717, 1.165) is 29.0 Å². The van der Waals surface area contributed by atoms with Gasteiger partial charge in [-0.1, -0.05) is 48.0 Å². The van der Waals surface area contributed by atoms with Crippen molar-refractivity contribution in [3.05, 3.63) is 89.2 Å². The van der Waals surface area contributed by atoms with Gasteiger partial charge in [0.1, 0.15) is 5.82 Å². The molecule has 1 atom stereocenters. The van der Waals surface area contributed by atoms with E-state index in [1.54, 1.807) is 31.4 Å². The highest BCUT2D eigenvalue weighted by Crippen LogP contribution is 2.26. The summed E-state index contributed by atoms with van der Waals surface area (Å²) in [6.07, 6.45) is 0.760. The van der Waals surface area contributed by atoms with Gasteiger partial charge in [0.15, 0.2) is 11.5 Å². The van der Waals surface area contributed by atoms with E-state index in [2.05, 4.69) is 9.88 Å². The fourth-order valence-electron chi connectivity index (χ4n) is 3.79.